The van der Waals surface area contributed by atoms with Gasteiger partial charge in [-0.25, -0.2) is 18.7 Å². The van der Waals surface area contributed by atoms with Crippen LogP contribution in [0.5, 0.6) is 0 Å². The van der Waals surface area contributed by atoms with E-state index < -0.39 is 0 Å². The Bertz CT molecular complexity index is 4550. The minimum Gasteiger partial charge on any atom is -0.268 e. The van der Waals surface area contributed by atoms with Crippen LogP contribution in [0.25, 0.3) is 61.3 Å². The molecule has 9 nitrogen and oxygen atoms in total. The van der Waals surface area contributed by atoms with Gasteiger partial charge in [-0.05, 0) is 159 Å². The van der Waals surface area contributed by atoms with Crippen LogP contribution >= 0.6 is 0 Å². The van der Waals surface area contributed by atoms with Crippen LogP contribution in [-0.4, -0.2) is 37.6 Å². The maximum atomic E-state index is 4.01. The van der Waals surface area contributed by atoms with Crippen LogP contribution in [0.15, 0.2) is 229 Å². The standard InChI is InChI=1S/C29H41N2.C21H25N2.C20H25N2.C9H7N.C6H6.C6H14.C3H4N2/c1-18(2)24-14-11-12-15-27(24)29-30(21(7)8)22(9)23(10)31(29)28-25(19(3)4)16-13-17-26(28)20(5)6;1-16(2)19-12-8-9-13-20(19)21-22(17(3)4)14-15-23(21)18-10-6-5-7-11-18;1-13(2)16-8-5-7-15-11-12-21-17-9-6-10-18(17)22(14(3)4)20(21)19(15)16;1-2-4-9-7-10-6-5-8(9)3-1;1-2-4-6-5-3-1;1-5(2)6(3)4;1-2-5-3-4-1/h11-21H,1-10H3;5-17H,1-4H3;5,7-8,11-14H,6,9-10H2,1-4H3;1-7H;1-6H;5-6H,1-4H3;1,3H,2H2/q3*+1;;;;. The third-order valence-corrected chi connectivity index (χ3v) is 19.9. The molecule has 5 aromatic heterocycles. The maximum Gasteiger partial charge on any atom is 0.295 e. The predicted molar refractivity (Wildman–Crippen MR) is 441 cm³/mol. The molecule has 1 aliphatic heterocycles. The van der Waals surface area contributed by atoms with Gasteiger partial charge in [0.2, 0.25) is 0 Å². The molecule has 0 N–H and O–H groups in total. The number of aryl methyl sites for hydroxylation is 1. The number of hydrogen-bond acceptors (Lipinski definition) is 3. The molecule has 2 aliphatic rings. The average Bonchev–Trinajstić information content (AvgIpc) is 1.60. The van der Waals surface area contributed by atoms with E-state index in [1.54, 1.807) is 18.2 Å². The highest BCUT2D eigenvalue weighted by atomic mass is 15.2. The molecule has 0 saturated carbocycles. The summed E-state index contributed by atoms with van der Waals surface area (Å²) in [6.07, 6.45) is 17.4. The summed E-state index contributed by atoms with van der Waals surface area (Å²) in [7, 11) is 0. The van der Waals surface area contributed by atoms with Crippen molar-refractivity contribution in [3.63, 3.8) is 0 Å². The van der Waals surface area contributed by atoms with Gasteiger partial charge in [0.25, 0.3) is 17.3 Å². The Hall–Kier alpha value is -9.34. The summed E-state index contributed by atoms with van der Waals surface area (Å²) in [5, 5.41) is 5.26. The fraction of sp³-hybridized carbons (Fsp3) is 0.383. The number of aliphatic imine (C=N–C) groups is 2. The summed E-state index contributed by atoms with van der Waals surface area (Å²) in [4.78, 5) is 11.4. The van der Waals surface area contributed by atoms with Gasteiger partial charge in [-0.15, -0.1) is 0 Å². The van der Waals surface area contributed by atoms with Crippen molar-refractivity contribution in [1.82, 2.24) is 18.5 Å². The van der Waals surface area contributed by atoms with Crippen molar-refractivity contribution in [2.75, 3.05) is 6.54 Å². The van der Waals surface area contributed by atoms with E-state index in [0.717, 1.165) is 18.4 Å². The van der Waals surface area contributed by atoms with Crippen molar-refractivity contribution >= 4 is 39.7 Å². The van der Waals surface area contributed by atoms with Gasteiger partial charge in [-0.1, -0.05) is 249 Å². The lowest BCUT2D eigenvalue weighted by molar-refractivity contribution is -0.710. The largest absolute Gasteiger partial charge is 0.295 e. The molecule has 0 spiro atoms. The van der Waals surface area contributed by atoms with Crippen LogP contribution in [0.2, 0.25) is 0 Å². The highest BCUT2D eigenvalue weighted by molar-refractivity contribution is 5.96. The summed E-state index contributed by atoms with van der Waals surface area (Å²) in [5.74, 6) is 6.67. The Kier molecular flexibility index (Phi) is 29.1. The second kappa shape index (κ2) is 37.7. The number of hydrogen-bond donors (Lipinski definition) is 0. The molecule has 9 heteroatoms. The monoisotopic (exact) mass is 1380 g/mol. The number of fused-ring (bicyclic) bond motifs is 6. The average molecular weight is 1380 g/mol. The first-order chi connectivity index (χ1) is 49.4. The van der Waals surface area contributed by atoms with Gasteiger partial charge in [0.15, 0.2) is 5.69 Å². The molecular formula is C94H122N9+3. The van der Waals surface area contributed by atoms with Crippen LogP contribution < -0.4 is 13.7 Å². The van der Waals surface area contributed by atoms with E-state index in [2.05, 4.69) is 347 Å². The van der Waals surface area contributed by atoms with E-state index in [9.17, 15) is 0 Å². The number of pyridine rings is 2. The van der Waals surface area contributed by atoms with Crippen LogP contribution in [0.1, 0.15) is 243 Å². The molecule has 0 fully saturated rings. The maximum absolute atomic E-state index is 4.01. The summed E-state index contributed by atoms with van der Waals surface area (Å²) in [6.45, 7) is 51.0. The molecule has 14 rings (SSSR count). The minimum absolute atomic E-state index is 0.379. The minimum atomic E-state index is 0.379. The molecule has 540 valence electrons. The molecule has 12 aromatic rings. The van der Waals surface area contributed by atoms with Crippen molar-refractivity contribution < 1.29 is 13.7 Å². The van der Waals surface area contributed by atoms with Crippen LogP contribution in [0, 0.1) is 25.7 Å². The fourth-order valence-corrected chi connectivity index (χ4v) is 13.8. The van der Waals surface area contributed by atoms with E-state index in [4.69, 9.17) is 0 Å². The van der Waals surface area contributed by atoms with Crippen molar-refractivity contribution in [2.45, 2.75) is 219 Å². The summed E-state index contributed by atoms with van der Waals surface area (Å²) < 4.78 is 14.8. The van der Waals surface area contributed by atoms with Crippen molar-refractivity contribution in [3.8, 4) is 34.2 Å². The quantitative estimate of drug-likeness (QED) is 0.106. The smallest absolute Gasteiger partial charge is 0.268 e. The number of para-hydroxylation sites is 2. The number of nitrogens with zero attached hydrogens (tertiary/aromatic N) is 9. The van der Waals surface area contributed by atoms with E-state index in [1.807, 2.05) is 67.0 Å². The molecule has 7 aromatic carbocycles. The number of benzene rings is 7. The van der Waals surface area contributed by atoms with E-state index in [1.165, 1.54) is 126 Å². The first kappa shape index (κ1) is 79.4. The highest BCUT2D eigenvalue weighted by Gasteiger charge is 2.36. The highest BCUT2D eigenvalue weighted by Crippen LogP contribution is 2.39. The van der Waals surface area contributed by atoms with Gasteiger partial charge in [-0.2, -0.15) is 13.5 Å². The molecule has 0 amide bonds. The van der Waals surface area contributed by atoms with Gasteiger partial charge < -0.3 is 0 Å². The Morgan fingerprint density at radius 2 is 0.913 bits per heavy atom. The zero-order valence-electron chi connectivity index (χ0n) is 66.6. The lowest BCUT2D eigenvalue weighted by Crippen LogP contribution is -2.40. The lowest BCUT2D eigenvalue weighted by atomic mass is 9.91. The summed E-state index contributed by atoms with van der Waals surface area (Å²) >= 11 is 0. The fourth-order valence-electron chi connectivity index (χ4n) is 13.8. The van der Waals surface area contributed by atoms with Crippen molar-refractivity contribution in [1.29, 1.82) is 0 Å². The number of rotatable bonds is 13. The van der Waals surface area contributed by atoms with Gasteiger partial charge in [0, 0.05) is 56.4 Å². The first-order valence-corrected chi connectivity index (χ1v) is 38.3. The van der Waals surface area contributed by atoms with Gasteiger partial charge >= 0.3 is 0 Å². The van der Waals surface area contributed by atoms with Crippen LogP contribution in [0.3, 0.4) is 0 Å². The predicted octanol–water partition coefficient (Wildman–Crippen LogP) is 24.0. The third-order valence-electron chi connectivity index (χ3n) is 19.9. The molecule has 1 aliphatic carbocycles. The molecule has 0 bridgehead atoms. The topological polar surface area (TPSA) is 63.5 Å². The Morgan fingerprint density at radius 1 is 0.427 bits per heavy atom. The second-order valence-electron chi connectivity index (χ2n) is 30.6. The van der Waals surface area contributed by atoms with E-state index in [-0.39, 0.29) is 0 Å². The lowest BCUT2D eigenvalue weighted by Gasteiger charge is -2.20. The molecule has 103 heavy (non-hydrogen) atoms. The van der Waals surface area contributed by atoms with Crippen molar-refractivity contribution in [3.05, 3.63) is 270 Å². The molecular weight excluding hydrogens is 1260 g/mol. The van der Waals surface area contributed by atoms with Gasteiger partial charge in [0.05, 0.1) is 47.4 Å². The van der Waals surface area contributed by atoms with E-state index in [0.29, 0.717) is 47.7 Å². The normalized spacial score (nSPS) is 12.2. The molecule has 0 radical (unpaired) electrons. The summed E-state index contributed by atoms with van der Waals surface area (Å²) in [5.41, 5.74) is 19.5. The van der Waals surface area contributed by atoms with E-state index >= 15 is 0 Å². The SMILES string of the molecule is C1=NC=NC1.CC(C)C(C)C.CC(C)c1cccc2ccn3c4c([n+](C(C)C)c3c12)CCC4.CC(C)c1ccccc1-c1n(-c2ccccc2)cc[n+]1C(C)C.Cc1c(C)[n+](C(C)C)c(-c2ccccc2C(C)C)n1-c1c(C(C)C)cccc1C(C)C.c1ccc2cnccc2c1.c1ccccc1. The molecule has 0 saturated heterocycles. The zero-order chi connectivity index (χ0) is 74.6. The van der Waals surface area contributed by atoms with Crippen molar-refractivity contribution in [2.24, 2.45) is 21.8 Å². The zero-order valence-corrected chi connectivity index (χ0v) is 66.6. The van der Waals surface area contributed by atoms with Gasteiger partial charge in [0.1, 0.15) is 47.2 Å². The Balaban J connectivity index is 0.000000166. The van der Waals surface area contributed by atoms with Crippen LogP contribution in [-0.2, 0) is 12.8 Å². The Labute approximate surface area is 619 Å². The molecule has 6 heterocycles. The molecule has 0 unspecified atom stereocenters. The Morgan fingerprint density at radius 3 is 1.41 bits per heavy atom. The van der Waals surface area contributed by atoms with Gasteiger partial charge in [-0.3, -0.25) is 9.98 Å². The second-order valence-corrected chi connectivity index (χ2v) is 30.6. The first-order valence-electron chi connectivity index (χ1n) is 38.3. The summed E-state index contributed by atoms with van der Waals surface area (Å²) in [6, 6.07) is 67.7. The third kappa shape index (κ3) is 19.5. The number of imidazole rings is 3. The van der Waals surface area contributed by atoms with Crippen LogP contribution in [0.4, 0.5) is 0 Å². The number of aromatic nitrogens is 7. The molecule has 0 atom stereocenters.